The van der Waals surface area contributed by atoms with Gasteiger partial charge in [0.1, 0.15) is 5.82 Å². The molecule has 2 amide bonds. The van der Waals surface area contributed by atoms with Crippen molar-refractivity contribution in [1.82, 2.24) is 15.3 Å². The first-order valence-electron chi connectivity index (χ1n) is 3.26. The van der Waals surface area contributed by atoms with Crippen molar-refractivity contribution in [2.75, 3.05) is 12.4 Å². The molecule has 1 aromatic rings. The van der Waals surface area contributed by atoms with Crippen molar-refractivity contribution in [2.45, 2.75) is 0 Å². The van der Waals surface area contributed by atoms with Gasteiger partial charge in [-0.3, -0.25) is 10.3 Å². The lowest BCUT2D eigenvalue weighted by Crippen LogP contribution is -2.26. The summed E-state index contributed by atoms with van der Waals surface area (Å²) in [7, 11) is 1.48. The molecule has 0 aliphatic rings. The molecule has 0 bridgehead atoms. The lowest BCUT2D eigenvalue weighted by atomic mass is 10.6. The molecule has 3 N–H and O–H groups in total. The van der Waals surface area contributed by atoms with Crippen LogP contribution in [0.25, 0.3) is 0 Å². The van der Waals surface area contributed by atoms with E-state index >= 15 is 0 Å². The molecule has 0 radical (unpaired) electrons. The quantitative estimate of drug-likeness (QED) is 0.529. The van der Waals surface area contributed by atoms with Crippen molar-refractivity contribution in [3.05, 3.63) is 22.7 Å². The number of carbonyl (C=O) groups is 1. The highest BCUT2D eigenvalue weighted by molar-refractivity contribution is 5.87. The molecule has 0 aliphatic carbocycles. The number of hydrogen-bond acceptors (Lipinski definition) is 3. The first-order chi connectivity index (χ1) is 5.72. The first kappa shape index (κ1) is 8.25. The molecule has 0 aromatic carbocycles. The van der Waals surface area contributed by atoms with Crippen LogP contribution in [0, 0.1) is 0 Å². The number of carbonyl (C=O) groups excluding carboxylic acids is 1. The van der Waals surface area contributed by atoms with Crippen LogP contribution in [0.3, 0.4) is 0 Å². The third kappa shape index (κ3) is 2.08. The van der Waals surface area contributed by atoms with Crippen molar-refractivity contribution < 1.29 is 4.79 Å². The molecule has 1 aromatic heterocycles. The Bertz CT molecular complexity index is 332. The van der Waals surface area contributed by atoms with E-state index in [4.69, 9.17) is 0 Å². The molecule has 1 rings (SSSR count). The van der Waals surface area contributed by atoms with Crippen molar-refractivity contribution >= 4 is 11.8 Å². The average Bonchev–Trinajstić information content (AvgIpc) is 2.04. The molecule has 1 heterocycles. The summed E-state index contributed by atoms with van der Waals surface area (Å²) in [6.45, 7) is 0. The Hall–Kier alpha value is -1.85. The molecule has 0 spiro atoms. The summed E-state index contributed by atoms with van der Waals surface area (Å²) in [5.74, 6) is 0.314. The molecule has 0 saturated carbocycles. The third-order valence-corrected chi connectivity index (χ3v) is 1.15. The minimum absolute atomic E-state index is 0.314. The van der Waals surface area contributed by atoms with Gasteiger partial charge in [0.05, 0.1) is 0 Å². The number of aromatic amines is 1. The van der Waals surface area contributed by atoms with Crippen molar-refractivity contribution in [2.24, 2.45) is 0 Å². The number of aromatic nitrogens is 2. The molecule has 12 heavy (non-hydrogen) atoms. The van der Waals surface area contributed by atoms with Crippen LogP contribution in [0.5, 0.6) is 0 Å². The molecular weight excluding hydrogens is 160 g/mol. The fraction of sp³-hybridized carbons (Fsp3) is 0.167. The van der Waals surface area contributed by atoms with Gasteiger partial charge in [0.2, 0.25) is 0 Å². The highest BCUT2D eigenvalue weighted by atomic mass is 16.2. The number of hydrogen-bond donors (Lipinski definition) is 3. The van der Waals surface area contributed by atoms with E-state index in [-0.39, 0.29) is 0 Å². The summed E-state index contributed by atoms with van der Waals surface area (Å²) < 4.78 is 0. The highest BCUT2D eigenvalue weighted by Crippen LogP contribution is 1.93. The summed E-state index contributed by atoms with van der Waals surface area (Å²) in [4.78, 5) is 27.1. The first-order valence-corrected chi connectivity index (χ1v) is 3.26. The van der Waals surface area contributed by atoms with Crippen LogP contribution in [0.2, 0.25) is 0 Å². The van der Waals surface area contributed by atoms with Crippen molar-refractivity contribution in [3.63, 3.8) is 0 Å². The number of anilines is 1. The lowest BCUT2D eigenvalue weighted by molar-refractivity contribution is 0.254. The molecule has 6 nitrogen and oxygen atoms in total. The zero-order valence-corrected chi connectivity index (χ0v) is 6.42. The second-order valence-electron chi connectivity index (χ2n) is 1.99. The maximum absolute atomic E-state index is 10.7. The Kier molecular flexibility index (Phi) is 2.42. The molecule has 0 aliphatic heterocycles. The Morgan fingerprint density at radius 3 is 3.00 bits per heavy atom. The zero-order chi connectivity index (χ0) is 8.97. The van der Waals surface area contributed by atoms with E-state index in [1.54, 1.807) is 0 Å². The summed E-state index contributed by atoms with van der Waals surface area (Å²) >= 11 is 0. The zero-order valence-electron chi connectivity index (χ0n) is 6.42. The predicted octanol–water partition coefficient (Wildman–Crippen LogP) is -0.479. The van der Waals surface area contributed by atoms with Crippen LogP contribution in [0.15, 0.2) is 17.1 Å². The van der Waals surface area contributed by atoms with Crippen LogP contribution in [-0.2, 0) is 0 Å². The Morgan fingerprint density at radius 1 is 1.67 bits per heavy atom. The second kappa shape index (κ2) is 3.51. The van der Waals surface area contributed by atoms with Gasteiger partial charge in [-0.2, -0.15) is 0 Å². The van der Waals surface area contributed by atoms with Gasteiger partial charge in [0, 0.05) is 13.2 Å². The number of amides is 2. The molecule has 0 atom stereocenters. The van der Waals surface area contributed by atoms with E-state index in [2.05, 4.69) is 20.6 Å². The van der Waals surface area contributed by atoms with Gasteiger partial charge < -0.3 is 5.32 Å². The number of urea groups is 1. The van der Waals surface area contributed by atoms with Crippen LogP contribution in [0.1, 0.15) is 0 Å². The number of nitrogens with zero attached hydrogens (tertiary/aromatic N) is 1. The van der Waals surface area contributed by atoms with Gasteiger partial charge in [-0.15, -0.1) is 0 Å². The van der Waals surface area contributed by atoms with Gasteiger partial charge in [-0.1, -0.05) is 0 Å². The molecule has 0 fully saturated rings. The molecular formula is C6H8N4O2. The van der Waals surface area contributed by atoms with E-state index in [9.17, 15) is 9.59 Å². The smallest absolute Gasteiger partial charge is 0.341 e. The fourth-order valence-electron chi connectivity index (χ4n) is 0.626. The second-order valence-corrected chi connectivity index (χ2v) is 1.99. The average molecular weight is 168 g/mol. The summed E-state index contributed by atoms with van der Waals surface area (Å²) in [6.07, 6.45) is 1.31. The van der Waals surface area contributed by atoms with Crippen LogP contribution in [-0.4, -0.2) is 23.0 Å². The summed E-state index contributed by atoms with van der Waals surface area (Å²) in [5.41, 5.74) is -0.496. The molecule has 64 valence electrons. The normalized spacial score (nSPS) is 9.08. The van der Waals surface area contributed by atoms with E-state index < -0.39 is 11.7 Å². The Balaban J connectivity index is 2.76. The molecule has 0 saturated heterocycles. The van der Waals surface area contributed by atoms with Gasteiger partial charge in [-0.05, 0) is 6.07 Å². The maximum Gasteiger partial charge on any atom is 0.346 e. The summed E-state index contributed by atoms with van der Waals surface area (Å²) in [5, 5.41) is 4.73. The maximum atomic E-state index is 10.7. The molecule has 0 unspecified atom stereocenters. The minimum atomic E-state index is -0.496. The summed E-state index contributed by atoms with van der Waals surface area (Å²) in [6, 6.07) is 1.09. The van der Waals surface area contributed by atoms with Gasteiger partial charge in [0.15, 0.2) is 0 Å². The number of H-pyrrole nitrogens is 1. The lowest BCUT2D eigenvalue weighted by Gasteiger charge is -2.01. The standard InChI is InChI=1S/C6H8N4O2/c1-7-5(11)9-4-2-3-8-6(12)10-4/h2-3H,1H3,(H3,7,8,9,10,11,12). The fourth-order valence-corrected chi connectivity index (χ4v) is 0.626. The Labute approximate surface area is 68.0 Å². The monoisotopic (exact) mass is 168 g/mol. The van der Waals surface area contributed by atoms with Crippen LogP contribution in [0.4, 0.5) is 10.6 Å². The topological polar surface area (TPSA) is 86.9 Å². The predicted molar refractivity (Wildman–Crippen MR) is 42.9 cm³/mol. The highest BCUT2D eigenvalue weighted by Gasteiger charge is 1.97. The molecule has 6 heteroatoms. The van der Waals surface area contributed by atoms with E-state index in [0.29, 0.717) is 5.82 Å². The van der Waals surface area contributed by atoms with Gasteiger partial charge in [0.25, 0.3) is 0 Å². The third-order valence-electron chi connectivity index (χ3n) is 1.15. The van der Waals surface area contributed by atoms with E-state index in [0.717, 1.165) is 0 Å². The van der Waals surface area contributed by atoms with Crippen LogP contribution < -0.4 is 16.3 Å². The SMILES string of the molecule is CNC(=O)Nc1ccnc(=O)[nH]1. The van der Waals surface area contributed by atoms with Crippen molar-refractivity contribution in [1.29, 1.82) is 0 Å². The van der Waals surface area contributed by atoms with Gasteiger partial charge >= 0.3 is 11.7 Å². The number of nitrogens with one attached hydrogen (secondary N) is 3. The Morgan fingerprint density at radius 2 is 2.42 bits per heavy atom. The van der Waals surface area contributed by atoms with E-state index in [1.165, 1.54) is 19.3 Å². The van der Waals surface area contributed by atoms with Gasteiger partial charge in [-0.25, -0.2) is 14.6 Å². The van der Waals surface area contributed by atoms with E-state index in [1.807, 2.05) is 0 Å². The minimum Gasteiger partial charge on any atom is -0.341 e. The number of rotatable bonds is 1. The largest absolute Gasteiger partial charge is 0.346 e. The van der Waals surface area contributed by atoms with Crippen molar-refractivity contribution in [3.8, 4) is 0 Å². The van der Waals surface area contributed by atoms with Crippen LogP contribution >= 0.6 is 0 Å².